The van der Waals surface area contributed by atoms with Crippen LogP contribution in [0.5, 0.6) is 0 Å². The van der Waals surface area contributed by atoms with Crippen LogP contribution < -0.4 is 5.32 Å². The van der Waals surface area contributed by atoms with Crippen LogP contribution in [0, 0.1) is 0 Å². The molecule has 0 saturated carbocycles. The number of hydrogen-bond donors (Lipinski definition) is 1. The predicted molar refractivity (Wildman–Crippen MR) is 89.9 cm³/mol. The number of nitrogens with zero attached hydrogens (tertiary/aromatic N) is 2. The van der Waals surface area contributed by atoms with E-state index < -0.39 is 0 Å². The molecular formula is C16H20BrN3O2. The second kappa shape index (κ2) is 7.26. The van der Waals surface area contributed by atoms with Gasteiger partial charge in [0, 0.05) is 47.8 Å². The molecular weight excluding hydrogens is 346 g/mol. The van der Waals surface area contributed by atoms with Gasteiger partial charge in [-0.1, -0.05) is 15.9 Å². The zero-order valence-electron chi connectivity index (χ0n) is 12.4. The topological polar surface area (TPSA) is 46.5 Å². The summed E-state index contributed by atoms with van der Waals surface area (Å²) in [5.41, 5.74) is 1.08. The van der Waals surface area contributed by atoms with Crippen LogP contribution in [0.1, 0.15) is 0 Å². The van der Waals surface area contributed by atoms with E-state index in [0.717, 1.165) is 48.2 Å². The number of morpholine rings is 1. The molecule has 2 aromatic rings. The lowest BCUT2D eigenvalue weighted by molar-refractivity contribution is -0.121. The highest BCUT2D eigenvalue weighted by Gasteiger charge is 2.11. The van der Waals surface area contributed by atoms with Crippen LogP contribution >= 0.6 is 15.9 Å². The van der Waals surface area contributed by atoms with E-state index in [1.54, 1.807) is 0 Å². The van der Waals surface area contributed by atoms with Gasteiger partial charge in [-0.15, -0.1) is 0 Å². The predicted octanol–water partition coefficient (Wildman–Crippen LogP) is 1.85. The minimum absolute atomic E-state index is 0.0497. The third-order valence-corrected chi connectivity index (χ3v) is 4.39. The summed E-state index contributed by atoms with van der Waals surface area (Å²) in [5, 5.41) is 4.13. The highest BCUT2D eigenvalue weighted by atomic mass is 79.9. The number of hydrogen-bond acceptors (Lipinski definition) is 3. The van der Waals surface area contributed by atoms with Crippen molar-refractivity contribution < 1.29 is 9.53 Å². The molecule has 118 valence electrons. The van der Waals surface area contributed by atoms with Gasteiger partial charge in [0.15, 0.2) is 0 Å². The van der Waals surface area contributed by atoms with E-state index in [-0.39, 0.29) is 5.91 Å². The number of rotatable bonds is 5. The average molecular weight is 366 g/mol. The van der Waals surface area contributed by atoms with Gasteiger partial charge in [0.05, 0.1) is 13.2 Å². The number of carbonyl (C=O) groups is 1. The van der Waals surface area contributed by atoms with Gasteiger partial charge in [0.1, 0.15) is 6.54 Å². The molecule has 0 spiro atoms. The Morgan fingerprint density at radius 3 is 2.91 bits per heavy atom. The molecule has 1 amide bonds. The smallest absolute Gasteiger partial charge is 0.239 e. The van der Waals surface area contributed by atoms with Crippen LogP contribution in [-0.2, 0) is 16.1 Å². The first-order valence-electron chi connectivity index (χ1n) is 7.53. The Morgan fingerprint density at radius 1 is 1.27 bits per heavy atom. The molecule has 0 unspecified atom stereocenters. The molecule has 0 atom stereocenters. The van der Waals surface area contributed by atoms with Crippen molar-refractivity contribution in [3.8, 4) is 0 Å². The Hall–Kier alpha value is -1.37. The molecule has 1 fully saturated rings. The average Bonchev–Trinajstić information content (AvgIpc) is 2.90. The minimum Gasteiger partial charge on any atom is -0.379 e. The number of amides is 1. The second-order valence-electron chi connectivity index (χ2n) is 5.45. The van der Waals surface area contributed by atoms with Crippen molar-refractivity contribution in [1.82, 2.24) is 14.8 Å². The maximum absolute atomic E-state index is 12.1. The molecule has 1 aliphatic rings. The maximum atomic E-state index is 12.1. The maximum Gasteiger partial charge on any atom is 0.239 e. The van der Waals surface area contributed by atoms with Crippen molar-refractivity contribution in [2.24, 2.45) is 0 Å². The SMILES string of the molecule is O=C(Cn1ccc2cc(Br)ccc21)NCCN1CCOCC1. The van der Waals surface area contributed by atoms with Crippen LogP contribution in [0.4, 0.5) is 0 Å². The summed E-state index contributed by atoms with van der Waals surface area (Å²) in [5.74, 6) is 0.0497. The van der Waals surface area contributed by atoms with E-state index in [1.807, 2.05) is 29.0 Å². The third kappa shape index (κ3) is 3.88. The van der Waals surface area contributed by atoms with E-state index in [2.05, 4.69) is 32.2 Å². The highest BCUT2D eigenvalue weighted by Crippen LogP contribution is 2.20. The van der Waals surface area contributed by atoms with Gasteiger partial charge in [-0.05, 0) is 24.3 Å². The fraction of sp³-hybridized carbons (Fsp3) is 0.438. The first-order valence-corrected chi connectivity index (χ1v) is 8.33. The van der Waals surface area contributed by atoms with Crippen molar-refractivity contribution in [3.05, 3.63) is 34.9 Å². The zero-order valence-corrected chi connectivity index (χ0v) is 14.0. The zero-order chi connectivity index (χ0) is 15.4. The van der Waals surface area contributed by atoms with Crippen molar-refractivity contribution in [2.45, 2.75) is 6.54 Å². The van der Waals surface area contributed by atoms with Gasteiger partial charge in [-0.3, -0.25) is 9.69 Å². The number of nitrogens with one attached hydrogen (secondary N) is 1. The van der Waals surface area contributed by atoms with Crippen LogP contribution in [-0.4, -0.2) is 54.8 Å². The van der Waals surface area contributed by atoms with Crippen molar-refractivity contribution in [1.29, 1.82) is 0 Å². The Balaban J connectivity index is 1.50. The van der Waals surface area contributed by atoms with E-state index >= 15 is 0 Å². The quantitative estimate of drug-likeness (QED) is 0.879. The van der Waals surface area contributed by atoms with E-state index in [9.17, 15) is 4.79 Å². The fourth-order valence-corrected chi connectivity index (χ4v) is 3.08. The summed E-state index contributed by atoms with van der Waals surface area (Å²) in [7, 11) is 0. The van der Waals surface area contributed by atoms with Crippen molar-refractivity contribution >= 4 is 32.7 Å². The lowest BCUT2D eigenvalue weighted by atomic mass is 10.2. The van der Waals surface area contributed by atoms with Crippen LogP contribution in [0.15, 0.2) is 34.9 Å². The molecule has 2 heterocycles. The number of ether oxygens (including phenoxy) is 1. The van der Waals surface area contributed by atoms with Crippen LogP contribution in [0.25, 0.3) is 10.9 Å². The molecule has 5 nitrogen and oxygen atoms in total. The molecule has 1 aromatic carbocycles. The Labute approximate surface area is 138 Å². The molecule has 0 radical (unpaired) electrons. The summed E-state index contributed by atoms with van der Waals surface area (Å²) < 4.78 is 8.34. The molecule has 1 aromatic heterocycles. The van der Waals surface area contributed by atoms with Gasteiger partial charge in [0.25, 0.3) is 0 Å². The Morgan fingerprint density at radius 2 is 2.09 bits per heavy atom. The molecule has 1 saturated heterocycles. The second-order valence-corrected chi connectivity index (χ2v) is 6.37. The number of carbonyl (C=O) groups excluding carboxylic acids is 1. The van der Waals surface area contributed by atoms with E-state index in [4.69, 9.17) is 4.74 Å². The lowest BCUT2D eigenvalue weighted by Crippen LogP contribution is -2.41. The summed E-state index contributed by atoms with van der Waals surface area (Å²) in [6.45, 7) is 5.41. The lowest BCUT2D eigenvalue weighted by Gasteiger charge is -2.26. The summed E-state index contributed by atoms with van der Waals surface area (Å²) in [6, 6.07) is 8.11. The van der Waals surface area contributed by atoms with Gasteiger partial charge >= 0.3 is 0 Å². The fourth-order valence-electron chi connectivity index (χ4n) is 2.70. The van der Waals surface area contributed by atoms with Crippen LogP contribution in [0.3, 0.4) is 0 Å². The number of fused-ring (bicyclic) bond motifs is 1. The molecule has 1 N–H and O–H groups in total. The number of aromatic nitrogens is 1. The first kappa shape index (κ1) is 15.5. The number of halogens is 1. The number of benzene rings is 1. The minimum atomic E-state index is 0.0497. The van der Waals surface area contributed by atoms with Gasteiger partial charge in [-0.2, -0.15) is 0 Å². The summed E-state index contributed by atoms with van der Waals surface area (Å²) in [4.78, 5) is 14.4. The molecule has 0 bridgehead atoms. The van der Waals surface area contributed by atoms with E-state index in [1.165, 1.54) is 0 Å². The normalized spacial score (nSPS) is 16.0. The Kier molecular flexibility index (Phi) is 5.12. The van der Waals surface area contributed by atoms with E-state index in [0.29, 0.717) is 13.1 Å². The first-order chi connectivity index (χ1) is 10.7. The largest absolute Gasteiger partial charge is 0.379 e. The molecule has 0 aliphatic carbocycles. The monoisotopic (exact) mass is 365 g/mol. The molecule has 1 aliphatic heterocycles. The third-order valence-electron chi connectivity index (χ3n) is 3.90. The van der Waals surface area contributed by atoms with Crippen molar-refractivity contribution in [3.63, 3.8) is 0 Å². The van der Waals surface area contributed by atoms with Gasteiger partial charge < -0.3 is 14.6 Å². The van der Waals surface area contributed by atoms with Gasteiger partial charge in [0.2, 0.25) is 5.91 Å². The standard InChI is InChI=1S/C16H20BrN3O2/c17-14-1-2-15-13(11-14)3-5-20(15)12-16(21)18-4-6-19-7-9-22-10-8-19/h1-3,5,11H,4,6-10,12H2,(H,18,21). The molecule has 22 heavy (non-hydrogen) atoms. The van der Waals surface area contributed by atoms with Gasteiger partial charge in [-0.25, -0.2) is 0 Å². The molecule has 6 heteroatoms. The Bertz CT molecular complexity index is 650. The van der Waals surface area contributed by atoms with Crippen molar-refractivity contribution in [2.75, 3.05) is 39.4 Å². The summed E-state index contributed by atoms with van der Waals surface area (Å²) >= 11 is 3.46. The van der Waals surface area contributed by atoms with Crippen LogP contribution in [0.2, 0.25) is 0 Å². The molecule has 3 rings (SSSR count). The summed E-state index contributed by atoms with van der Waals surface area (Å²) in [6.07, 6.45) is 1.96. The highest BCUT2D eigenvalue weighted by molar-refractivity contribution is 9.10.